The standard InChI is InChI=1S/C10H8O4/c11-9(12)6-8(10(13)14)7-4-2-1-3-5-7/h1-6H,(H,11,12)(H,13,14)/b8-6-. The van der Waals surface area contributed by atoms with Crippen LogP contribution in [-0.4, -0.2) is 22.2 Å². The fourth-order valence-corrected chi connectivity index (χ4v) is 1.01. The second kappa shape index (κ2) is 4.23. The molecule has 0 aromatic heterocycles. The van der Waals surface area contributed by atoms with Gasteiger partial charge in [-0.15, -0.1) is 0 Å². The number of hydrogen-bond donors (Lipinski definition) is 2. The van der Waals surface area contributed by atoms with Crippen molar-refractivity contribution in [1.29, 1.82) is 0 Å². The molecule has 0 amide bonds. The molecule has 1 aromatic carbocycles. The van der Waals surface area contributed by atoms with Gasteiger partial charge in [-0.25, -0.2) is 9.59 Å². The van der Waals surface area contributed by atoms with Gasteiger partial charge in [0, 0.05) is 6.08 Å². The van der Waals surface area contributed by atoms with Crippen LogP contribution in [0, 0.1) is 0 Å². The first kappa shape index (κ1) is 9.98. The first-order valence-corrected chi connectivity index (χ1v) is 3.84. The second-order valence-corrected chi connectivity index (χ2v) is 2.57. The minimum Gasteiger partial charge on any atom is -0.478 e. The van der Waals surface area contributed by atoms with E-state index in [1.54, 1.807) is 30.3 Å². The Bertz CT molecular complexity index is 378. The molecule has 0 bridgehead atoms. The average molecular weight is 192 g/mol. The number of carbonyl (C=O) groups is 2. The van der Waals surface area contributed by atoms with Crippen molar-refractivity contribution in [3.05, 3.63) is 42.0 Å². The molecule has 0 aliphatic heterocycles. The molecular weight excluding hydrogens is 184 g/mol. The van der Waals surface area contributed by atoms with Gasteiger partial charge in [-0.05, 0) is 5.56 Å². The summed E-state index contributed by atoms with van der Waals surface area (Å²) < 4.78 is 0. The van der Waals surface area contributed by atoms with Crippen molar-refractivity contribution in [2.75, 3.05) is 0 Å². The van der Waals surface area contributed by atoms with E-state index in [1.807, 2.05) is 0 Å². The normalized spacial score (nSPS) is 11.0. The third-order valence-corrected chi connectivity index (χ3v) is 1.58. The highest BCUT2D eigenvalue weighted by atomic mass is 16.4. The van der Waals surface area contributed by atoms with Crippen molar-refractivity contribution in [3.8, 4) is 0 Å². The second-order valence-electron chi connectivity index (χ2n) is 2.57. The van der Waals surface area contributed by atoms with Crippen molar-refractivity contribution < 1.29 is 19.8 Å². The topological polar surface area (TPSA) is 74.6 Å². The van der Waals surface area contributed by atoms with Crippen molar-refractivity contribution in [2.45, 2.75) is 0 Å². The van der Waals surface area contributed by atoms with E-state index in [2.05, 4.69) is 0 Å². The van der Waals surface area contributed by atoms with E-state index in [1.165, 1.54) is 0 Å². The van der Waals surface area contributed by atoms with Crippen molar-refractivity contribution in [2.24, 2.45) is 0 Å². The third-order valence-electron chi connectivity index (χ3n) is 1.58. The molecule has 4 heteroatoms. The lowest BCUT2D eigenvalue weighted by molar-refractivity contribution is -0.133. The van der Waals surface area contributed by atoms with Crippen LogP contribution in [0.2, 0.25) is 0 Å². The van der Waals surface area contributed by atoms with Gasteiger partial charge < -0.3 is 10.2 Å². The smallest absolute Gasteiger partial charge is 0.336 e. The van der Waals surface area contributed by atoms with Crippen LogP contribution < -0.4 is 0 Å². The molecule has 0 aliphatic rings. The molecule has 4 nitrogen and oxygen atoms in total. The van der Waals surface area contributed by atoms with Gasteiger partial charge in [-0.3, -0.25) is 0 Å². The predicted molar refractivity (Wildman–Crippen MR) is 49.7 cm³/mol. The van der Waals surface area contributed by atoms with E-state index < -0.39 is 11.9 Å². The maximum atomic E-state index is 10.7. The summed E-state index contributed by atoms with van der Waals surface area (Å²) in [6.07, 6.45) is 0.678. The summed E-state index contributed by atoms with van der Waals surface area (Å²) in [5.41, 5.74) is 0.153. The molecule has 0 unspecified atom stereocenters. The Balaban J connectivity index is 3.14. The van der Waals surface area contributed by atoms with Crippen LogP contribution in [0.15, 0.2) is 36.4 Å². The van der Waals surface area contributed by atoms with E-state index >= 15 is 0 Å². The van der Waals surface area contributed by atoms with Crippen LogP contribution in [-0.2, 0) is 9.59 Å². The molecule has 1 aromatic rings. The van der Waals surface area contributed by atoms with Crippen LogP contribution in [0.3, 0.4) is 0 Å². The van der Waals surface area contributed by atoms with Crippen LogP contribution in [0.4, 0.5) is 0 Å². The van der Waals surface area contributed by atoms with Crippen LogP contribution in [0.5, 0.6) is 0 Å². The molecule has 0 aliphatic carbocycles. The summed E-state index contributed by atoms with van der Waals surface area (Å²) in [5.74, 6) is -2.52. The summed E-state index contributed by atoms with van der Waals surface area (Å²) in [6, 6.07) is 8.11. The third kappa shape index (κ3) is 2.45. The maximum absolute atomic E-state index is 10.7. The number of hydrogen-bond acceptors (Lipinski definition) is 2. The molecular formula is C10H8O4. The lowest BCUT2D eigenvalue weighted by atomic mass is 10.1. The van der Waals surface area contributed by atoms with E-state index in [9.17, 15) is 9.59 Å². The molecule has 0 saturated carbocycles. The number of rotatable bonds is 3. The minimum atomic E-state index is -1.27. The SMILES string of the molecule is O=C(O)/C=C(\C(=O)O)c1ccccc1. The molecule has 2 N–H and O–H groups in total. The Morgan fingerprint density at radius 3 is 2.07 bits per heavy atom. The van der Waals surface area contributed by atoms with E-state index in [0.29, 0.717) is 11.6 Å². The molecule has 0 heterocycles. The highest BCUT2D eigenvalue weighted by Crippen LogP contribution is 2.13. The average Bonchev–Trinajstić information content (AvgIpc) is 2.15. The summed E-state index contributed by atoms with van der Waals surface area (Å²) in [5, 5.41) is 17.2. The summed E-state index contributed by atoms with van der Waals surface area (Å²) in [6.45, 7) is 0. The molecule has 0 radical (unpaired) electrons. The quantitative estimate of drug-likeness (QED) is 0.706. The fraction of sp³-hybridized carbons (Fsp3) is 0. The van der Waals surface area contributed by atoms with Gasteiger partial charge in [-0.1, -0.05) is 30.3 Å². The molecule has 0 fully saturated rings. The number of aliphatic carboxylic acids is 2. The van der Waals surface area contributed by atoms with Gasteiger partial charge >= 0.3 is 11.9 Å². The van der Waals surface area contributed by atoms with E-state index in [-0.39, 0.29) is 5.57 Å². The Morgan fingerprint density at radius 1 is 1.07 bits per heavy atom. The molecule has 0 atom stereocenters. The van der Waals surface area contributed by atoms with Crippen molar-refractivity contribution >= 4 is 17.5 Å². The highest BCUT2D eigenvalue weighted by Gasteiger charge is 2.11. The molecule has 14 heavy (non-hydrogen) atoms. The summed E-state index contributed by atoms with van der Waals surface area (Å²) in [7, 11) is 0. The van der Waals surface area contributed by atoms with Crippen LogP contribution in [0.1, 0.15) is 5.56 Å². The predicted octanol–water partition coefficient (Wildman–Crippen LogP) is 1.24. The lowest BCUT2D eigenvalue weighted by Crippen LogP contribution is -2.02. The van der Waals surface area contributed by atoms with Gasteiger partial charge in [0.15, 0.2) is 0 Å². The molecule has 72 valence electrons. The zero-order valence-corrected chi connectivity index (χ0v) is 7.18. The first-order valence-electron chi connectivity index (χ1n) is 3.84. The molecule has 1 rings (SSSR count). The van der Waals surface area contributed by atoms with Gasteiger partial charge in [0.05, 0.1) is 5.57 Å². The van der Waals surface area contributed by atoms with Gasteiger partial charge in [0.1, 0.15) is 0 Å². The monoisotopic (exact) mass is 192 g/mol. The van der Waals surface area contributed by atoms with Gasteiger partial charge in [-0.2, -0.15) is 0 Å². The number of carboxylic acid groups (broad SMARTS) is 2. The van der Waals surface area contributed by atoms with Crippen molar-refractivity contribution in [3.63, 3.8) is 0 Å². The van der Waals surface area contributed by atoms with Crippen LogP contribution in [0.25, 0.3) is 5.57 Å². The zero-order valence-electron chi connectivity index (χ0n) is 7.18. The maximum Gasteiger partial charge on any atom is 0.336 e. The van der Waals surface area contributed by atoms with Gasteiger partial charge in [0.25, 0.3) is 0 Å². The Kier molecular flexibility index (Phi) is 3.01. The fourth-order valence-electron chi connectivity index (χ4n) is 1.01. The Hall–Kier alpha value is -2.10. The summed E-state index contributed by atoms with van der Waals surface area (Å²) >= 11 is 0. The van der Waals surface area contributed by atoms with Crippen molar-refractivity contribution in [1.82, 2.24) is 0 Å². The van der Waals surface area contributed by atoms with E-state index in [4.69, 9.17) is 10.2 Å². The Morgan fingerprint density at radius 2 is 1.64 bits per heavy atom. The van der Waals surface area contributed by atoms with E-state index in [0.717, 1.165) is 0 Å². The first-order chi connectivity index (χ1) is 6.61. The zero-order chi connectivity index (χ0) is 10.6. The summed E-state index contributed by atoms with van der Waals surface area (Å²) in [4.78, 5) is 21.1. The molecule has 0 saturated heterocycles. The van der Waals surface area contributed by atoms with Gasteiger partial charge in [0.2, 0.25) is 0 Å². The minimum absolute atomic E-state index is 0.224. The molecule has 0 spiro atoms. The number of carboxylic acids is 2. The number of benzene rings is 1. The lowest BCUT2D eigenvalue weighted by Gasteiger charge is -1.99. The highest BCUT2D eigenvalue weighted by molar-refractivity contribution is 6.19. The Labute approximate surface area is 80.1 Å². The largest absolute Gasteiger partial charge is 0.478 e. The van der Waals surface area contributed by atoms with Crippen LogP contribution >= 0.6 is 0 Å².